The Bertz CT molecular complexity index is 896. The summed E-state index contributed by atoms with van der Waals surface area (Å²) < 4.78 is 1.50. The number of H-pyrrole nitrogens is 1. The lowest BCUT2D eigenvalue weighted by atomic mass is 10.1. The van der Waals surface area contributed by atoms with Crippen LogP contribution in [0.3, 0.4) is 0 Å². The molecule has 21 heavy (non-hydrogen) atoms. The first-order chi connectivity index (χ1) is 10.2. The quantitative estimate of drug-likeness (QED) is 0.722. The Labute approximate surface area is 125 Å². The largest absolute Gasteiger partial charge is 0.311 e. The molecule has 106 valence electrons. The van der Waals surface area contributed by atoms with Crippen molar-refractivity contribution in [2.75, 3.05) is 6.54 Å². The molecule has 6 heteroatoms. The monoisotopic (exact) mass is 300 g/mol. The van der Waals surface area contributed by atoms with Crippen molar-refractivity contribution in [2.45, 2.75) is 13.0 Å². The van der Waals surface area contributed by atoms with Crippen LogP contribution in [0.5, 0.6) is 0 Å². The van der Waals surface area contributed by atoms with E-state index < -0.39 is 0 Å². The van der Waals surface area contributed by atoms with Crippen LogP contribution in [0.15, 0.2) is 35.1 Å². The van der Waals surface area contributed by atoms with Gasteiger partial charge in [0.15, 0.2) is 5.65 Å². The smallest absolute Gasteiger partial charge is 0.276 e. The summed E-state index contributed by atoms with van der Waals surface area (Å²) in [5.74, 6) is 0. The van der Waals surface area contributed by atoms with Crippen LogP contribution in [0.2, 0.25) is 5.02 Å². The highest BCUT2D eigenvalue weighted by atomic mass is 35.5. The molecule has 4 rings (SSSR count). The molecule has 0 radical (unpaired) electrons. The molecular formula is C15H13ClN4O. The number of hydrogen-bond acceptors (Lipinski definition) is 3. The molecule has 0 bridgehead atoms. The van der Waals surface area contributed by atoms with E-state index >= 15 is 0 Å². The summed E-state index contributed by atoms with van der Waals surface area (Å²) in [4.78, 5) is 17.1. The topological polar surface area (TPSA) is 62.2 Å². The van der Waals surface area contributed by atoms with Crippen LogP contribution in [0.4, 0.5) is 0 Å². The van der Waals surface area contributed by atoms with Gasteiger partial charge in [-0.2, -0.15) is 0 Å². The van der Waals surface area contributed by atoms with Gasteiger partial charge in [0.05, 0.1) is 11.4 Å². The molecule has 3 aromatic rings. The molecule has 1 aromatic carbocycles. The van der Waals surface area contributed by atoms with Gasteiger partial charge in [-0.15, -0.1) is 0 Å². The Morgan fingerprint density at radius 3 is 3.00 bits per heavy atom. The summed E-state index contributed by atoms with van der Waals surface area (Å²) in [7, 11) is 0. The van der Waals surface area contributed by atoms with Gasteiger partial charge < -0.3 is 5.32 Å². The van der Waals surface area contributed by atoms with Crippen LogP contribution >= 0.6 is 11.6 Å². The van der Waals surface area contributed by atoms with E-state index in [9.17, 15) is 4.79 Å². The number of hydrogen-bond donors (Lipinski definition) is 2. The first-order valence-electron chi connectivity index (χ1n) is 6.83. The Kier molecular flexibility index (Phi) is 2.83. The molecule has 0 amide bonds. The molecule has 2 aromatic heterocycles. The summed E-state index contributed by atoms with van der Waals surface area (Å²) in [5.41, 5.74) is 3.89. The van der Waals surface area contributed by atoms with Crippen LogP contribution in [0.25, 0.3) is 16.9 Å². The van der Waals surface area contributed by atoms with Gasteiger partial charge in [-0.3, -0.25) is 9.89 Å². The summed E-state index contributed by atoms with van der Waals surface area (Å²) >= 11 is 6.22. The highest BCUT2D eigenvalue weighted by Crippen LogP contribution is 2.26. The summed E-state index contributed by atoms with van der Waals surface area (Å²) in [5, 5.41) is 6.99. The molecule has 0 atom stereocenters. The summed E-state index contributed by atoms with van der Waals surface area (Å²) in [6.45, 7) is 1.46. The van der Waals surface area contributed by atoms with Crippen molar-refractivity contribution in [1.29, 1.82) is 0 Å². The lowest BCUT2D eigenvalue weighted by Gasteiger charge is -2.14. The van der Waals surface area contributed by atoms with Gasteiger partial charge >= 0.3 is 0 Å². The molecule has 0 saturated carbocycles. The maximum Gasteiger partial charge on any atom is 0.276 e. The van der Waals surface area contributed by atoms with Crippen molar-refractivity contribution in [2.24, 2.45) is 0 Å². The van der Waals surface area contributed by atoms with Crippen LogP contribution in [0.1, 0.15) is 11.3 Å². The number of rotatable bonds is 1. The zero-order valence-electron chi connectivity index (χ0n) is 11.2. The lowest BCUT2D eigenvalue weighted by Crippen LogP contribution is -2.32. The third kappa shape index (κ3) is 1.97. The van der Waals surface area contributed by atoms with Gasteiger partial charge in [-0.05, 0) is 19.0 Å². The van der Waals surface area contributed by atoms with Crippen molar-refractivity contribution in [1.82, 2.24) is 19.9 Å². The minimum Gasteiger partial charge on any atom is -0.311 e. The average molecular weight is 301 g/mol. The van der Waals surface area contributed by atoms with E-state index in [1.54, 1.807) is 0 Å². The van der Waals surface area contributed by atoms with Gasteiger partial charge in [-0.1, -0.05) is 29.8 Å². The standard InChI is InChI=1S/C15H13ClN4O/c16-11-4-2-1-3-9(11)12-7-14-18-13-8-17-6-5-10(13)15(21)20(14)19-12/h1-4,7,17,19H,5-6,8H2. The number of fused-ring (bicyclic) bond motifs is 2. The maximum absolute atomic E-state index is 12.5. The molecule has 1 aliphatic heterocycles. The Hall–Kier alpha value is -2.11. The maximum atomic E-state index is 12.5. The Morgan fingerprint density at radius 2 is 2.14 bits per heavy atom. The SMILES string of the molecule is O=c1c2c(nc3cc(-c4ccccc4Cl)[nH]n13)CNCC2. The first-order valence-corrected chi connectivity index (χ1v) is 7.21. The normalized spacial score (nSPS) is 14.3. The third-order valence-corrected chi connectivity index (χ3v) is 4.13. The van der Waals surface area contributed by atoms with Crippen LogP contribution in [-0.4, -0.2) is 21.1 Å². The van der Waals surface area contributed by atoms with Gasteiger partial charge in [-0.25, -0.2) is 9.50 Å². The van der Waals surface area contributed by atoms with Crippen molar-refractivity contribution in [3.63, 3.8) is 0 Å². The highest BCUT2D eigenvalue weighted by molar-refractivity contribution is 6.33. The van der Waals surface area contributed by atoms with E-state index in [0.717, 1.165) is 29.1 Å². The van der Waals surface area contributed by atoms with E-state index in [0.29, 0.717) is 23.6 Å². The number of halogens is 1. The van der Waals surface area contributed by atoms with Crippen molar-refractivity contribution in [3.8, 4) is 11.3 Å². The van der Waals surface area contributed by atoms with Crippen LogP contribution in [0, 0.1) is 0 Å². The Morgan fingerprint density at radius 1 is 1.29 bits per heavy atom. The second-order valence-corrected chi connectivity index (χ2v) is 5.52. The van der Waals surface area contributed by atoms with Gasteiger partial charge in [0.1, 0.15) is 0 Å². The van der Waals surface area contributed by atoms with Gasteiger partial charge in [0.2, 0.25) is 0 Å². The molecular weight excluding hydrogens is 288 g/mol. The third-order valence-electron chi connectivity index (χ3n) is 3.80. The fourth-order valence-electron chi connectivity index (χ4n) is 2.74. The number of benzene rings is 1. The first kappa shape index (κ1) is 12.6. The predicted molar refractivity (Wildman–Crippen MR) is 81.7 cm³/mol. The number of nitrogens with zero attached hydrogens (tertiary/aromatic N) is 2. The zero-order valence-corrected chi connectivity index (χ0v) is 11.9. The summed E-state index contributed by atoms with van der Waals surface area (Å²) in [6, 6.07) is 9.39. The molecule has 0 fully saturated rings. The van der Waals surface area contributed by atoms with E-state index in [-0.39, 0.29) is 5.56 Å². The zero-order chi connectivity index (χ0) is 14.4. The molecule has 0 aliphatic carbocycles. The van der Waals surface area contributed by atoms with E-state index in [1.165, 1.54) is 4.52 Å². The average Bonchev–Trinajstić information content (AvgIpc) is 2.92. The molecule has 5 nitrogen and oxygen atoms in total. The minimum absolute atomic E-state index is 0.0187. The molecule has 2 N–H and O–H groups in total. The predicted octanol–water partition coefficient (Wildman–Crippen LogP) is 1.99. The fourth-order valence-corrected chi connectivity index (χ4v) is 2.98. The minimum atomic E-state index is -0.0187. The fraction of sp³-hybridized carbons (Fsp3) is 0.200. The molecule has 0 unspecified atom stereocenters. The molecule has 1 aliphatic rings. The Balaban J connectivity index is 1.97. The molecule has 3 heterocycles. The second kappa shape index (κ2) is 4.72. The van der Waals surface area contributed by atoms with Crippen molar-refractivity contribution in [3.05, 3.63) is 57.0 Å². The van der Waals surface area contributed by atoms with Gasteiger partial charge in [0.25, 0.3) is 5.56 Å². The van der Waals surface area contributed by atoms with Gasteiger partial charge in [0, 0.05) is 28.8 Å². The van der Waals surface area contributed by atoms with E-state index in [2.05, 4.69) is 15.4 Å². The number of aromatic amines is 1. The van der Waals surface area contributed by atoms with Crippen LogP contribution < -0.4 is 10.9 Å². The molecule has 0 spiro atoms. The second-order valence-electron chi connectivity index (χ2n) is 5.11. The lowest BCUT2D eigenvalue weighted by molar-refractivity contribution is 0.616. The number of nitrogens with one attached hydrogen (secondary N) is 2. The van der Waals surface area contributed by atoms with Crippen molar-refractivity contribution >= 4 is 17.2 Å². The number of aromatic nitrogens is 3. The van der Waals surface area contributed by atoms with E-state index in [4.69, 9.17) is 11.6 Å². The van der Waals surface area contributed by atoms with Crippen LogP contribution in [-0.2, 0) is 13.0 Å². The molecule has 0 saturated heterocycles. The van der Waals surface area contributed by atoms with E-state index in [1.807, 2.05) is 30.3 Å². The summed E-state index contributed by atoms with van der Waals surface area (Å²) in [6.07, 6.45) is 0.713. The van der Waals surface area contributed by atoms with Crippen molar-refractivity contribution < 1.29 is 0 Å². The highest BCUT2D eigenvalue weighted by Gasteiger charge is 2.18.